The highest BCUT2D eigenvalue weighted by Crippen LogP contribution is 2.50. The topological polar surface area (TPSA) is 118 Å². The SMILES string of the molecule is CC(C)(C)OC(=O)NC1(C(=O)N2CC3(C2)C(=O)N(Cc2ncc4ccccc4c2-c2ccc(N)cc2)c2ccccc23)CC1. The smallest absolute Gasteiger partial charge is 0.408 e. The number of benzene rings is 3. The molecule has 3 N–H and O–H groups in total. The first-order valence-electron chi connectivity index (χ1n) is 14.9. The van der Waals surface area contributed by atoms with Crippen LogP contribution in [0.3, 0.4) is 0 Å². The second-order valence-electron chi connectivity index (χ2n) is 13.1. The van der Waals surface area contributed by atoms with Crippen molar-refractivity contribution in [2.24, 2.45) is 0 Å². The second kappa shape index (κ2) is 9.80. The number of hydrogen-bond donors (Lipinski definition) is 2. The van der Waals surface area contributed by atoms with Crippen LogP contribution < -0.4 is 16.0 Å². The van der Waals surface area contributed by atoms with Gasteiger partial charge in [0.1, 0.15) is 16.6 Å². The lowest BCUT2D eigenvalue weighted by molar-refractivity contribution is -0.147. The van der Waals surface area contributed by atoms with Crippen LogP contribution in [-0.2, 0) is 26.3 Å². The van der Waals surface area contributed by atoms with E-state index in [1.807, 2.05) is 72.9 Å². The van der Waals surface area contributed by atoms with Crippen LogP contribution >= 0.6 is 0 Å². The van der Waals surface area contributed by atoms with Crippen molar-refractivity contribution in [1.82, 2.24) is 15.2 Å². The van der Waals surface area contributed by atoms with Crippen LogP contribution in [0.1, 0.15) is 44.9 Å². The largest absolute Gasteiger partial charge is 0.444 e. The number of nitrogen functional groups attached to an aromatic ring is 1. The lowest BCUT2D eigenvalue weighted by atomic mass is 9.74. The van der Waals surface area contributed by atoms with Crippen LogP contribution in [0.15, 0.2) is 79.0 Å². The molecular formula is C35H35N5O4. The molecule has 1 aliphatic carbocycles. The van der Waals surface area contributed by atoms with Crippen LogP contribution in [0.5, 0.6) is 0 Å². The molecule has 44 heavy (non-hydrogen) atoms. The number of aromatic nitrogens is 1. The van der Waals surface area contributed by atoms with Gasteiger partial charge < -0.3 is 25.6 Å². The maximum atomic E-state index is 14.3. The van der Waals surface area contributed by atoms with E-state index in [0.29, 0.717) is 18.5 Å². The van der Waals surface area contributed by atoms with Gasteiger partial charge in [0.05, 0.1) is 12.2 Å². The minimum atomic E-state index is -0.964. The number of rotatable bonds is 5. The van der Waals surface area contributed by atoms with Gasteiger partial charge in [0, 0.05) is 41.6 Å². The van der Waals surface area contributed by atoms with Gasteiger partial charge in [-0.1, -0.05) is 54.6 Å². The summed E-state index contributed by atoms with van der Waals surface area (Å²) in [6, 6.07) is 23.6. The van der Waals surface area contributed by atoms with E-state index in [1.165, 1.54) is 0 Å². The third-order valence-corrected chi connectivity index (χ3v) is 8.86. The number of ether oxygens (including phenoxy) is 1. The van der Waals surface area contributed by atoms with Gasteiger partial charge >= 0.3 is 6.09 Å². The minimum absolute atomic E-state index is 0.0501. The Hall–Kier alpha value is -4.92. The molecule has 3 heterocycles. The van der Waals surface area contributed by atoms with E-state index in [1.54, 1.807) is 30.6 Å². The summed E-state index contributed by atoms with van der Waals surface area (Å²) in [6.07, 6.45) is 2.34. The Bertz CT molecular complexity index is 1820. The van der Waals surface area contributed by atoms with E-state index in [2.05, 4.69) is 11.4 Å². The molecule has 4 aromatic rings. The summed E-state index contributed by atoms with van der Waals surface area (Å²) >= 11 is 0. The standard InChI is InChI=1S/C35H35N5O4/c1-33(2,3)44-32(43)38-35(16-17-35)31(42)39-20-34(21-39)26-10-6-7-11-28(26)40(30(34)41)19-27-29(22-12-14-24(36)15-13-22)25-9-5-4-8-23(25)18-37-27/h4-15,18H,16-17,19-21,36H2,1-3H3,(H,38,43). The average molecular weight is 590 g/mol. The molecule has 3 amide bonds. The van der Waals surface area contributed by atoms with Crippen molar-refractivity contribution in [3.8, 4) is 11.1 Å². The van der Waals surface area contributed by atoms with Gasteiger partial charge in [0.25, 0.3) is 0 Å². The summed E-state index contributed by atoms with van der Waals surface area (Å²) < 4.78 is 5.40. The fourth-order valence-corrected chi connectivity index (χ4v) is 6.57. The molecule has 1 spiro atoms. The lowest BCUT2D eigenvalue weighted by Gasteiger charge is -2.48. The molecule has 0 radical (unpaired) electrons. The number of alkyl carbamates (subject to hydrolysis) is 1. The number of nitrogens with zero attached hydrogens (tertiary/aromatic N) is 3. The zero-order valence-corrected chi connectivity index (χ0v) is 25.1. The van der Waals surface area contributed by atoms with E-state index in [4.69, 9.17) is 15.5 Å². The van der Waals surface area contributed by atoms with Crippen LogP contribution in [0.2, 0.25) is 0 Å². The molecular weight excluding hydrogens is 554 g/mol. The Morgan fingerprint density at radius 1 is 0.977 bits per heavy atom. The van der Waals surface area contributed by atoms with Crippen molar-refractivity contribution in [2.45, 2.75) is 56.7 Å². The summed E-state index contributed by atoms with van der Waals surface area (Å²) in [6.45, 7) is 6.15. The summed E-state index contributed by atoms with van der Waals surface area (Å²) in [4.78, 5) is 48.8. The van der Waals surface area contributed by atoms with Gasteiger partial charge in [-0.05, 0) is 68.3 Å². The zero-order chi connectivity index (χ0) is 30.9. The van der Waals surface area contributed by atoms with Gasteiger partial charge in [0.15, 0.2) is 0 Å². The van der Waals surface area contributed by atoms with Crippen molar-refractivity contribution in [3.05, 3.63) is 90.3 Å². The van der Waals surface area contributed by atoms with Crippen LogP contribution in [0.4, 0.5) is 16.2 Å². The number of anilines is 2. The maximum absolute atomic E-state index is 14.3. The summed E-state index contributed by atoms with van der Waals surface area (Å²) in [7, 11) is 0. The van der Waals surface area contributed by atoms with E-state index in [0.717, 1.165) is 38.8 Å². The van der Waals surface area contributed by atoms with Crippen molar-refractivity contribution >= 4 is 40.1 Å². The molecule has 9 heteroatoms. The first-order chi connectivity index (χ1) is 21.0. The van der Waals surface area contributed by atoms with Gasteiger partial charge in [0.2, 0.25) is 11.8 Å². The molecule has 0 bridgehead atoms. The number of carbonyl (C=O) groups excluding carboxylic acids is 3. The highest BCUT2D eigenvalue weighted by atomic mass is 16.6. The number of likely N-dealkylation sites (tertiary alicyclic amines) is 1. The maximum Gasteiger partial charge on any atom is 0.408 e. The van der Waals surface area contributed by atoms with Crippen molar-refractivity contribution in [3.63, 3.8) is 0 Å². The number of nitrogens with one attached hydrogen (secondary N) is 1. The van der Waals surface area contributed by atoms with Crippen LogP contribution in [0, 0.1) is 0 Å². The summed E-state index contributed by atoms with van der Waals surface area (Å²) in [5, 5.41) is 4.85. The fraction of sp³-hybridized carbons (Fsp3) is 0.314. The van der Waals surface area contributed by atoms with Gasteiger partial charge in [-0.15, -0.1) is 0 Å². The lowest BCUT2D eigenvalue weighted by Crippen LogP contribution is -2.68. The third kappa shape index (κ3) is 4.54. The molecule has 2 fully saturated rings. The predicted octanol–water partition coefficient (Wildman–Crippen LogP) is 5.17. The molecule has 0 unspecified atom stereocenters. The molecule has 3 aliphatic rings. The first-order valence-corrected chi connectivity index (χ1v) is 14.9. The number of carbonyl (C=O) groups is 3. The molecule has 224 valence electrons. The molecule has 0 atom stereocenters. The molecule has 1 saturated carbocycles. The number of pyridine rings is 1. The molecule has 1 saturated heterocycles. The quantitative estimate of drug-likeness (QED) is 0.310. The van der Waals surface area contributed by atoms with Gasteiger partial charge in [-0.2, -0.15) is 0 Å². The Kier molecular flexibility index (Phi) is 6.21. The Morgan fingerprint density at radius 2 is 1.66 bits per heavy atom. The van der Waals surface area contributed by atoms with E-state index < -0.39 is 22.6 Å². The van der Waals surface area contributed by atoms with Gasteiger partial charge in [-0.25, -0.2) is 4.79 Å². The van der Waals surface area contributed by atoms with Crippen LogP contribution in [0.25, 0.3) is 21.9 Å². The highest BCUT2D eigenvalue weighted by molar-refractivity contribution is 6.11. The molecule has 1 aromatic heterocycles. The Morgan fingerprint density at radius 3 is 2.36 bits per heavy atom. The fourth-order valence-electron chi connectivity index (χ4n) is 6.57. The average Bonchev–Trinajstić information content (AvgIpc) is 3.70. The Labute approximate surface area is 256 Å². The number of nitrogens with two attached hydrogens (primary N) is 1. The third-order valence-electron chi connectivity index (χ3n) is 8.86. The number of fused-ring (bicyclic) bond motifs is 3. The number of amides is 3. The normalized spacial score (nSPS) is 17.8. The first kappa shape index (κ1) is 27.9. The highest BCUT2D eigenvalue weighted by Gasteiger charge is 2.63. The summed E-state index contributed by atoms with van der Waals surface area (Å²) in [5.74, 6) is -0.217. The van der Waals surface area contributed by atoms with E-state index in [9.17, 15) is 14.4 Å². The van der Waals surface area contributed by atoms with E-state index >= 15 is 0 Å². The number of hydrogen-bond acceptors (Lipinski definition) is 6. The monoisotopic (exact) mass is 589 g/mol. The zero-order valence-electron chi connectivity index (χ0n) is 25.1. The Balaban J connectivity index is 1.17. The van der Waals surface area contributed by atoms with E-state index in [-0.39, 0.29) is 31.4 Å². The molecule has 2 aliphatic heterocycles. The van der Waals surface area contributed by atoms with Crippen molar-refractivity contribution in [2.75, 3.05) is 23.7 Å². The minimum Gasteiger partial charge on any atom is -0.444 e. The molecule has 7 rings (SSSR count). The van der Waals surface area contributed by atoms with Crippen LogP contribution in [-0.4, -0.2) is 52.0 Å². The van der Waals surface area contributed by atoms with Crippen molar-refractivity contribution < 1.29 is 19.1 Å². The van der Waals surface area contributed by atoms with Gasteiger partial charge in [-0.3, -0.25) is 14.6 Å². The molecule has 9 nitrogen and oxygen atoms in total. The van der Waals surface area contributed by atoms with Crippen molar-refractivity contribution in [1.29, 1.82) is 0 Å². The number of para-hydroxylation sites is 1. The predicted molar refractivity (Wildman–Crippen MR) is 169 cm³/mol. The molecule has 3 aromatic carbocycles. The second-order valence-corrected chi connectivity index (χ2v) is 13.1. The summed E-state index contributed by atoms with van der Waals surface area (Å²) in [5.41, 5.74) is 8.65.